The third kappa shape index (κ3) is 5.69. The molecule has 2 unspecified atom stereocenters. The highest BCUT2D eigenvalue weighted by molar-refractivity contribution is 5.74. The summed E-state index contributed by atoms with van der Waals surface area (Å²) in [6.45, 7) is 8.90. The van der Waals surface area contributed by atoms with Crippen LogP contribution in [0.25, 0.3) is 0 Å². The van der Waals surface area contributed by atoms with E-state index in [9.17, 15) is 9.90 Å². The lowest BCUT2D eigenvalue weighted by molar-refractivity contribution is 0.141. The topological polar surface area (TPSA) is 59.1 Å². The number of piperazine rings is 1. The standard InChI is InChI=1S/C18H30N4O2/c1-15(19-18(24)20(3)14-16(2)23)13-21-9-11-22(12-10-21)17-7-5-4-6-8-17/h4-8,15-16,23H,9-14H2,1-3H3,(H,19,24). The number of anilines is 1. The van der Waals surface area contributed by atoms with Gasteiger partial charge >= 0.3 is 6.03 Å². The summed E-state index contributed by atoms with van der Waals surface area (Å²) < 4.78 is 0. The lowest BCUT2D eigenvalue weighted by Gasteiger charge is -2.37. The first-order valence-corrected chi connectivity index (χ1v) is 8.67. The Kier molecular flexibility index (Phi) is 6.87. The smallest absolute Gasteiger partial charge is 0.317 e. The molecule has 0 spiro atoms. The van der Waals surface area contributed by atoms with Gasteiger partial charge in [-0.1, -0.05) is 18.2 Å². The maximum absolute atomic E-state index is 12.0. The Morgan fingerprint density at radius 3 is 2.42 bits per heavy atom. The van der Waals surface area contributed by atoms with E-state index in [0.29, 0.717) is 6.54 Å². The maximum Gasteiger partial charge on any atom is 0.317 e. The van der Waals surface area contributed by atoms with Gasteiger partial charge in [-0.15, -0.1) is 0 Å². The second-order valence-electron chi connectivity index (χ2n) is 6.70. The van der Waals surface area contributed by atoms with E-state index in [1.54, 1.807) is 14.0 Å². The summed E-state index contributed by atoms with van der Waals surface area (Å²) in [6, 6.07) is 10.4. The van der Waals surface area contributed by atoms with E-state index in [1.165, 1.54) is 10.6 Å². The Hall–Kier alpha value is -1.79. The fourth-order valence-electron chi connectivity index (χ4n) is 3.06. The quantitative estimate of drug-likeness (QED) is 0.821. The molecule has 2 amide bonds. The molecule has 2 atom stereocenters. The first kappa shape index (κ1) is 18.5. The van der Waals surface area contributed by atoms with Gasteiger partial charge in [0.25, 0.3) is 0 Å². The number of hydrogen-bond donors (Lipinski definition) is 2. The van der Waals surface area contributed by atoms with Crippen LogP contribution in [-0.4, -0.2) is 79.4 Å². The molecule has 1 fully saturated rings. The second-order valence-corrected chi connectivity index (χ2v) is 6.70. The average molecular weight is 334 g/mol. The molecule has 0 bridgehead atoms. The zero-order chi connectivity index (χ0) is 17.5. The lowest BCUT2D eigenvalue weighted by atomic mass is 10.2. The molecule has 1 heterocycles. The van der Waals surface area contributed by atoms with Crippen molar-refractivity contribution in [2.45, 2.75) is 26.0 Å². The molecule has 1 aromatic rings. The highest BCUT2D eigenvalue weighted by Gasteiger charge is 2.20. The number of para-hydroxylation sites is 1. The van der Waals surface area contributed by atoms with Gasteiger partial charge in [-0.25, -0.2) is 4.79 Å². The minimum atomic E-state index is -0.512. The fraction of sp³-hybridized carbons (Fsp3) is 0.611. The minimum absolute atomic E-state index is 0.0808. The van der Waals surface area contributed by atoms with Crippen LogP contribution in [0.15, 0.2) is 30.3 Å². The highest BCUT2D eigenvalue weighted by Crippen LogP contribution is 2.15. The first-order chi connectivity index (χ1) is 11.5. The van der Waals surface area contributed by atoms with Gasteiger partial charge < -0.3 is 20.2 Å². The molecule has 0 aromatic heterocycles. The number of benzene rings is 1. The molecule has 134 valence electrons. The normalized spacial score (nSPS) is 18.1. The van der Waals surface area contributed by atoms with Crippen molar-refractivity contribution in [1.82, 2.24) is 15.1 Å². The number of likely N-dealkylation sites (N-methyl/N-ethyl adjacent to an activating group) is 1. The molecule has 0 radical (unpaired) electrons. The number of nitrogens with zero attached hydrogens (tertiary/aromatic N) is 3. The average Bonchev–Trinajstić information content (AvgIpc) is 2.55. The van der Waals surface area contributed by atoms with Crippen LogP contribution in [0.1, 0.15) is 13.8 Å². The van der Waals surface area contributed by atoms with Crippen molar-refractivity contribution in [2.75, 3.05) is 51.2 Å². The monoisotopic (exact) mass is 334 g/mol. The summed E-state index contributed by atoms with van der Waals surface area (Å²) in [6.07, 6.45) is -0.512. The van der Waals surface area contributed by atoms with Gasteiger partial charge in [-0.2, -0.15) is 0 Å². The number of aliphatic hydroxyl groups is 1. The number of rotatable bonds is 6. The van der Waals surface area contributed by atoms with Gasteiger partial charge in [0.2, 0.25) is 0 Å². The molecule has 1 saturated heterocycles. The Labute approximate surface area is 145 Å². The second kappa shape index (κ2) is 8.89. The molecule has 0 saturated carbocycles. The molecular formula is C18H30N4O2. The van der Waals surface area contributed by atoms with Crippen molar-refractivity contribution in [3.8, 4) is 0 Å². The van der Waals surface area contributed by atoms with Crippen LogP contribution in [0, 0.1) is 0 Å². The van der Waals surface area contributed by atoms with Gasteiger partial charge in [-0.3, -0.25) is 4.90 Å². The van der Waals surface area contributed by atoms with Crippen molar-refractivity contribution >= 4 is 11.7 Å². The SMILES string of the molecule is CC(O)CN(C)C(=O)NC(C)CN1CCN(c2ccccc2)CC1. The van der Waals surface area contributed by atoms with Crippen molar-refractivity contribution in [3.63, 3.8) is 0 Å². The molecule has 1 aliphatic rings. The van der Waals surface area contributed by atoms with Crippen LogP contribution >= 0.6 is 0 Å². The fourth-order valence-corrected chi connectivity index (χ4v) is 3.06. The molecule has 0 aliphatic carbocycles. The van der Waals surface area contributed by atoms with Crippen LogP contribution in [0.3, 0.4) is 0 Å². The summed E-state index contributed by atoms with van der Waals surface area (Å²) >= 11 is 0. The summed E-state index contributed by atoms with van der Waals surface area (Å²) in [7, 11) is 1.70. The van der Waals surface area contributed by atoms with Gasteiger partial charge in [0.15, 0.2) is 0 Å². The number of aliphatic hydroxyl groups excluding tert-OH is 1. The summed E-state index contributed by atoms with van der Waals surface area (Å²) in [5, 5.41) is 12.3. The van der Waals surface area contributed by atoms with Crippen molar-refractivity contribution in [2.24, 2.45) is 0 Å². The molecule has 2 rings (SSSR count). The summed E-state index contributed by atoms with van der Waals surface area (Å²) in [4.78, 5) is 18.4. The van der Waals surface area contributed by atoms with E-state index < -0.39 is 6.10 Å². The Bertz CT molecular complexity index is 501. The third-order valence-electron chi connectivity index (χ3n) is 4.28. The van der Waals surface area contributed by atoms with E-state index in [4.69, 9.17) is 0 Å². The van der Waals surface area contributed by atoms with E-state index in [2.05, 4.69) is 39.4 Å². The van der Waals surface area contributed by atoms with Crippen LogP contribution in [0.5, 0.6) is 0 Å². The van der Waals surface area contributed by atoms with Crippen molar-refractivity contribution in [1.29, 1.82) is 0 Å². The highest BCUT2D eigenvalue weighted by atomic mass is 16.3. The van der Waals surface area contributed by atoms with Crippen LogP contribution in [-0.2, 0) is 0 Å². The van der Waals surface area contributed by atoms with Crippen molar-refractivity contribution in [3.05, 3.63) is 30.3 Å². The number of carbonyl (C=O) groups excluding carboxylic acids is 1. The van der Waals surface area contributed by atoms with Crippen LogP contribution in [0.2, 0.25) is 0 Å². The largest absolute Gasteiger partial charge is 0.392 e. The summed E-state index contributed by atoms with van der Waals surface area (Å²) in [5.74, 6) is 0. The summed E-state index contributed by atoms with van der Waals surface area (Å²) in [5.41, 5.74) is 1.28. The number of amides is 2. The van der Waals surface area contributed by atoms with E-state index in [-0.39, 0.29) is 12.1 Å². The number of nitrogens with one attached hydrogen (secondary N) is 1. The molecule has 24 heavy (non-hydrogen) atoms. The predicted octanol–water partition coefficient (Wildman–Crippen LogP) is 1.22. The Balaban J connectivity index is 1.72. The predicted molar refractivity (Wildman–Crippen MR) is 97.4 cm³/mol. The van der Waals surface area contributed by atoms with E-state index >= 15 is 0 Å². The zero-order valence-electron chi connectivity index (χ0n) is 15.0. The van der Waals surface area contributed by atoms with E-state index in [0.717, 1.165) is 32.7 Å². The Morgan fingerprint density at radius 2 is 1.83 bits per heavy atom. The number of urea groups is 1. The van der Waals surface area contributed by atoms with Gasteiger partial charge in [0, 0.05) is 58.0 Å². The van der Waals surface area contributed by atoms with Gasteiger partial charge in [0.05, 0.1) is 6.10 Å². The molecule has 1 aliphatic heterocycles. The number of hydrogen-bond acceptors (Lipinski definition) is 4. The van der Waals surface area contributed by atoms with Crippen LogP contribution < -0.4 is 10.2 Å². The minimum Gasteiger partial charge on any atom is -0.392 e. The molecule has 2 N–H and O–H groups in total. The molecular weight excluding hydrogens is 304 g/mol. The Morgan fingerprint density at radius 1 is 1.21 bits per heavy atom. The zero-order valence-corrected chi connectivity index (χ0v) is 15.0. The number of carbonyl (C=O) groups is 1. The van der Waals surface area contributed by atoms with Crippen LogP contribution in [0.4, 0.5) is 10.5 Å². The molecule has 6 heteroatoms. The molecule has 1 aromatic carbocycles. The van der Waals surface area contributed by atoms with Gasteiger partial charge in [-0.05, 0) is 26.0 Å². The molecule has 6 nitrogen and oxygen atoms in total. The van der Waals surface area contributed by atoms with Crippen molar-refractivity contribution < 1.29 is 9.90 Å². The van der Waals surface area contributed by atoms with Gasteiger partial charge in [0.1, 0.15) is 0 Å². The lowest BCUT2D eigenvalue weighted by Crippen LogP contribution is -2.52. The maximum atomic E-state index is 12.0. The first-order valence-electron chi connectivity index (χ1n) is 8.67. The third-order valence-corrected chi connectivity index (χ3v) is 4.28. The van der Waals surface area contributed by atoms with E-state index in [1.807, 2.05) is 13.0 Å².